The van der Waals surface area contributed by atoms with Gasteiger partial charge in [0.05, 0.1) is 6.61 Å². The summed E-state index contributed by atoms with van der Waals surface area (Å²) in [4.78, 5) is 0. The molecule has 0 aliphatic rings. The minimum Gasteiger partial charge on any atom is -0.372 e. The Balaban J connectivity index is 2.50. The smallest absolute Gasteiger partial charge is 0.372 e. The molecule has 1 aromatic carbocycles. The van der Waals surface area contributed by atoms with Crippen LogP contribution in [0.3, 0.4) is 0 Å². The summed E-state index contributed by atoms with van der Waals surface area (Å²) in [5, 5.41) is 3.76. The molecule has 1 aromatic rings. The van der Waals surface area contributed by atoms with Crippen LogP contribution in [-0.2, 0) is 11.2 Å². The van der Waals surface area contributed by atoms with Crippen LogP contribution in [0, 0.1) is 5.92 Å². The fourth-order valence-corrected chi connectivity index (χ4v) is 2.09. The zero-order valence-electron chi connectivity index (χ0n) is 11.3. The van der Waals surface area contributed by atoms with E-state index in [1.807, 2.05) is 25.1 Å². The second-order valence-electron chi connectivity index (χ2n) is 4.64. The normalized spacial score (nSPS) is 13.4. The maximum absolute atomic E-state index is 12.1. The molecule has 0 fully saturated rings. The Morgan fingerprint density at radius 2 is 2.10 bits per heavy atom. The lowest BCUT2D eigenvalue weighted by Gasteiger charge is -2.18. The molecule has 0 heterocycles. The number of benzene rings is 1. The highest BCUT2D eigenvalue weighted by molar-refractivity contribution is 6.30. The predicted molar refractivity (Wildman–Crippen MR) is 74.1 cm³/mol. The minimum atomic E-state index is -4.28. The molecule has 6 heteroatoms. The molecule has 0 aliphatic heterocycles. The van der Waals surface area contributed by atoms with Crippen LogP contribution in [0.1, 0.15) is 12.5 Å². The monoisotopic (exact) mass is 309 g/mol. The van der Waals surface area contributed by atoms with Gasteiger partial charge in [0.25, 0.3) is 0 Å². The minimum absolute atomic E-state index is 0.0178. The van der Waals surface area contributed by atoms with Gasteiger partial charge in [-0.05, 0) is 36.6 Å². The molecule has 1 rings (SSSR count). The van der Waals surface area contributed by atoms with Gasteiger partial charge in [-0.15, -0.1) is 0 Å². The molecular weight excluding hydrogens is 291 g/mol. The number of hydrogen-bond donors (Lipinski definition) is 1. The molecule has 1 atom stereocenters. The first-order chi connectivity index (χ1) is 9.40. The van der Waals surface area contributed by atoms with Crippen molar-refractivity contribution < 1.29 is 17.9 Å². The van der Waals surface area contributed by atoms with E-state index in [2.05, 4.69) is 5.32 Å². The number of rotatable bonds is 8. The van der Waals surface area contributed by atoms with E-state index in [0.717, 1.165) is 12.1 Å². The van der Waals surface area contributed by atoms with Crippen molar-refractivity contribution in [2.24, 2.45) is 5.92 Å². The lowest BCUT2D eigenvalue weighted by atomic mass is 10.00. The van der Waals surface area contributed by atoms with Crippen molar-refractivity contribution in [3.8, 4) is 0 Å². The van der Waals surface area contributed by atoms with Crippen molar-refractivity contribution in [3.05, 3.63) is 34.9 Å². The zero-order valence-corrected chi connectivity index (χ0v) is 12.1. The molecule has 0 bridgehead atoms. The summed E-state index contributed by atoms with van der Waals surface area (Å²) >= 11 is 5.90. The largest absolute Gasteiger partial charge is 0.411 e. The van der Waals surface area contributed by atoms with E-state index in [9.17, 15) is 13.2 Å². The van der Waals surface area contributed by atoms with Gasteiger partial charge in [-0.1, -0.05) is 30.7 Å². The fraction of sp³-hybridized carbons (Fsp3) is 0.571. The summed E-state index contributed by atoms with van der Waals surface area (Å²) in [5.41, 5.74) is 0.996. The van der Waals surface area contributed by atoms with Crippen LogP contribution >= 0.6 is 11.6 Å². The number of hydrogen-bond acceptors (Lipinski definition) is 2. The summed E-state index contributed by atoms with van der Waals surface area (Å²) in [5.74, 6) is -0.0178. The number of alkyl halides is 3. The Labute approximate surface area is 122 Å². The SMILES string of the molecule is CCNCC(COCC(F)(F)F)Cc1cccc(Cl)c1. The first-order valence-corrected chi connectivity index (χ1v) is 6.88. The van der Waals surface area contributed by atoms with Gasteiger partial charge in [-0.25, -0.2) is 0 Å². The van der Waals surface area contributed by atoms with Gasteiger partial charge in [0.2, 0.25) is 0 Å². The van der Waals surface area contributed by atoms with Crippen molar-refractivity contribution in [1.82, 2.24) is 5.32 Å². The van der Waals surface area contributed by atoms with E-state index >= 15 is 0 Å². The Morgan fingerprint density at radius 3 is 2.70 bits per heavy atom. The van der Waals surface area contributed by atoms with Crippen LogP contribution in [0.25, 0.3) is 0 Å². The third-order valence-electron chi connectivity index (χ3n) is 2.72. The van der Waals surface area contributed by atoms with E-state index in [4.69, 9.17) is 16.3 Å². The molecule has 0 saturated carbocycles. The van der Waals surface area contributed by atoms with Crippen LogP contribution in [0.5, 0.6) is 0 Å². The van der Waals surface area contributed by atoms with Crippen LogP contribution in [0.4, 0.5) is 13.2 Å². The topological polar surface area (TPSA) is 21.3 Å². The molecule has 0 aliphatic carbocycles. The van der Waals surface area contributed by atoms with Crippen molar-refractivity contribution in [1.29, 1.82) is 0 Å². The first kappa shape index (κ1) is 17.3. The van der Waals surface area contributed by atoms with Crippen LogP contribution < -0.4 is 5.32 Å². The van der Waals surface area contributed by atoms with Crippen LogP contribution in [0.2, 0.25) is 5.02 Å². The lowest BCUT2D eigenvalue weighted by Crippen LogP contribution is -2.29. The second-order valence-corrected chi connectivity index (χ2v) is 5.07. The van der Waals surface area contributed by atoms with E-state index in [1.165, 1.54) is 0 Å². The summed E-state index contributed by atoms with van der Waals surface area (Å²) in [6, 6.07) is 7.34. The number of ether oxygens (including phenoxy) is 1. The molecule has 20 heavy (non-hydrogen) atoms. The summed E-state index contributed by atoms with van der Waals surface area (Å²) in [6.45, 7) is 2.20. The maximum atomic E-state index is 12.1. The Morgan fingerprint density at radius 1 is 1.35 bits per heavy atom. The van der Waals surface area contributed by atoms with E-state index in [0.29, 0.717) is 18.0 Å². The molecule has 114 valence electrons. The number of halogens is 4. The third-order valence-corrected chi connectivity index (χ3v) is 2.95. The van der Waals surface area contributed by atoms with Crippen molar-refractivity contribution in [2.45, 2.75) is 19.5 Å². The van der Waals surface area contributed by atoms with Crippen LogP contribution in [-0.4, -0.2) is 32.5 Å². The average Bonchev–Trinajstić information content (AvgIpc) is 2.34. The Kier molecular flexibility index (Phi) is 7.34. The molecule has 0 aromatic heterocycles. The van der Waals surface area contributed by atoms with Gasteiger partial charge in [0.15, 0.2) is 0 Å². The third kappa shape index (κ3) is 7.72. The molecule has 0 saturated heterocycles. The molecular formula is C14H19ClF3NO. The van der Waals surface area contributed by atoms with Gasteiger partial charge < -0.3 is 10.1 Å². The summed E-state index contributed by atoms with van der Waals surface area (Å²) < 4.78 is 41.0. The maximum Gasteiger partial charge on any atom is 0.411 e. The van der Waals surface area contributed by atoms with Crippen molar-refractivity contribution in [3.63, 3.8) is 0 Å². The zero-order chi connectivity index (χ0) is 15.0. The van der Waals surface area contributed by atoms with Gasteiger partial charge in [0.1, 0.15) is 6.61 Å². The van der Waals surface area contributed by atoms with E-state index in [1.54, 1.807) is 6.07 Å². The predicted octanol–water partition coefficient (Wildman–Crippen LogP) is 3.69. The molecule has 0 amide bonds. The van der Waals surface area contributed by atoms with Crippen molar-refractivity contribution in [2.75, 3.05) is 26.3 Å². The lowest BCUT2D eigenvalue weighted by molar-refractivity contribution is -0.176. The first-order valence-electron chi connectivity index (χ1n) is 6.50. The molecule has 2 nitrogen and oxygen atoms in total. The van der Waals surface area contributed by atoms with Gasteiger partial charge in [0, 0.05) is 11.6 Å². The quantitative estimate of drug-likeness (QED) is 0.791. The fourth-order valence-electron chi connectivity index (χ4n) is 1.88. The van der Waals surface area contributed by atoms with Gasteiger partial charge in [-0.2, -0.15) is 13.2 Å². The summed E-state index contributed by atoms with van der Waals surface area (Å²) in [7, 11) is 0. The molecule has 0 radical (unpaired) electrons. The van der Waals surface area contributed by atoms with E-state index < -0.39 is 12.8 Å². The highest BCUT2D eigenvalue weighted by Gasteiger charge is 2.27. The Bertz CT molecular complexity index is 398. The average molecular weight is 310 g/mol. The van der Waals surface area contributed by atoms with Crippen LogP contribution in [0.15, 0.2) is 24.3 Å². The molecule has 1 unspecified atom stereocenters. The highest BCUT2D eigenvalue weighted by Crippen LogP contribution is 2.17. The number of nitrogens with one attached hydrogen (secondary N) is 1. The van der Waals surface area contributed by atoms with Crippen molar-refractivity contribution >= 4 is 11.6 Å². The summed E-state index contributed by atoms with van der Waals surface area (Å²) in [6.07, 6.45) is -3.65. The van der Waals surface area contributed by atoms with Gasteiger partial charge in [-0.3, -0.25) is 0 Å². The second kappa shape index (κ2) is 8.49. The molecule has 1 N–H and O–H groups in total. The molecule has 0 spiro atoms. The van der Waals surface area contributed by atoms with Gasteiger partial charge >= 0.3 is 6.18 Å². The standard InChI is InChI=1S/C14H19ClF3NO/c1-2-19-8-12(9-20-10-14(16,17)18)6-11-4-3-5-13(15)7-11/h3-5,7,12,19H,2,6,8-10H2,1H3. The highest BCUT2D eigenvalue weighted by atomic mass is 35.5. The van der Waals surface area contributed by atoms with E-state index in [-0.39, 0.29) is 12.5 Å². The Hall–Kier alpha value is -0.780.